The molecule has 1 heterocycles. The Bertz CT molecular complexity index is 258. The Labute approximate surface area is 77.7 Å². The van der Waals surface area contributed by atoms with Crippen molar-refractivity contribution in [3.05, 3.63) is 11.8 Å². The second kappa shape index (κ2) is 4.07. The van der Waals surface area contributed by atoms with Crippen LogP contribution in [0.4, 0.5) is 4.79 Å². The zero-order valence-electron chi connectivity index (χ0n) is 7.96. The number of nitrogens with zero attached hydrogens (tertiary/aromatic N) is 1. The third kappa shape index (κ3) is 2.57. The number of nitrogens with one attached hydrogen (secondary N) is 1. The molecule has 0 atom stereocenters. The molecule has 0 aromatic heterocycles. The Hall–Kier alpha value is -1.32. The summed E-state index contributed by atoms with van der Waals surface area (Å²) in [6.07, 6.45) is 2.18. The molecule has 0 spiro atoms. The number of cyclic esters (lactones) is 1. The Morgan fingerprint density at radius 1 is 1.69 bits per heavy atom. The molecule has 0 aliphatic carbocycles. The van der Waals surface area contributed by atoms with Crippen molar-refractivity contribution in [3.63, 3.8) is 0 Å². The summed E-state index contributed by atoms with van der Waals surface area (Å²) < 4.78 is 4.79. The highest BCUT2D eigenvalue weighted by Gasteiger charge is 2.22. The molecule has 0 bridgehead atoms. The molecule has 13 heavy (non-hydrogen) atoms. The standard InChI is InChI=1S/C9H14N2O2/c1-7(10)3-4-8(2)11-5-6-13-9(11)12/h4,10H,3,5-6H2,1-2H3/b8-4+,10-7?. The summed E-state index contributed by atoms with van der Waals surface area (Å²) >= 11 is 0. The SMILES string of the molecule is CC(=N)C/C=C(\C)N1CCOC1=O. The Kier molecular flexibility index (Phi) is 3.06. The normalized spacial score (nSPS) is 17.5. The van der Waals surface area contributed by atoms with Gasteiger partial charge in [0.15, 0.2) is 0 Å². The molecular weight excluding hydrogens is 168 g/mol. The molecule has 1 saturated heterocycles. The minimum absolute atomic E-state index is 0.281. The van der Waals surface area contributed by atoms with Crippen LogP contribution in [-0.4, -0.2) is 29.9 Å². The summed E-state index contributed by atoms with van der Waals surface area (Å²) in [6.45, 7) is 4.69. The molecule has 0 unspecified atom stereocenters. The predicted molar refractivity (Wildman–Crippen MR) is 49.8 cm³/mol. The molecule has 1 rings (SSSR count). The van der Waals surface area contributed by atoms with Crippen LogP contribution in [0, 0.1) is 5.41 Å². The third-order valence-electron chi connectivity index (χ3n) is 1.89. The second-order valence-electron chi connectivity index (χ2n) is 3.10. The maximum Gasteiger partial charge on any atom is 0.414 e. The van der Waals surface area contributed by atoms with Gasteiger partial charge in [0.1, 0.15) is 6.61 Å². The fraction of sp³-hybridized carbons (Fsp3) is 0.556. The Morgan fingerprint density at radius 3 is 2.85 bits per heavy atom. The fourth-order valence-electron chi connectivity index (χ4n) is 1.12. The molecule has 0 saturated carbocycles. The lowest BCUT2D eigenvalue weighted by atomic mass is 10.2. The molecular formula is C9H14N2O2. The van der Waals surface area contributed by atoms with Gasteiger partial charge in [-0.2, -0.15) is 0 Å². The van der Waals surface area contributed by atoms with Gasteiger partial charge in [0.2, 0.25) is 0 Å². The average Bonchev–Trinajstić information content (AvgIpc) is 2.47. The summed E-state index contributed by atoms with van der Waals surface area (Å²) in [4.78, 5) is 12.7. The average molecular weight is 182 g/mol. The van der Waals surface area contributed by atoms with Gasteiger partial charge in [-0.3, -0.25) is 4.90 Å². The van der Waals surface area contributed by atoms with Crippen LogP contribution in [0.15, 0.2) is 11.8 Å². The van der Waals surface area contributed by atoms with E-state index in [1.807, 2.05) is 13.0 Å². The first-order valence-corrected chi connectivity index (χ1v) is 4.26. The van der Waals surface area contributed by atoms with Gasteiger partial charge in [0.25, 0.3) is 0 Å². The molecule has 0 radical (unpaired) electrons. The van der Waals surface area contributed by atoms with Gasteiger partial charge in [0, 0.05) is 17.8 Å². The monoisotopic (exact) mass is 182 g/mol. The highest BCUT2D eigenvalue weighted by Crippen LogP contribution is 2.11. The summed E-state index contributed by atoms with van der Waals surface area (Å²) in [5.41, 5.74) is 1.46. The van der Waals surface area contributed by atoms with E-state index in [4.69, 9.17) is 10.1 Å². The van der Waals surface area contributed by atoms with Crippen LogP contribution >= 0.6 is 0 Å². The summed E-state index contributed by atoms with van der Waals surface area (Å²) in [5.74, 6) is 0. The van der Waals surface area contributed by atoms with Crippen molar-refractivity contribution in [3.8, 4) is 0 Å². The van der Waals surface area contributed by atoms with E-state index in [-0.39, 0.29) is 6.09 Å². The lowest BCUT2D eigenvalue weighted by Crippen LogP contribution is -2.21. The third-order valence-corrected chi connectivity index (χ3v) is 1.89. The lowest BCUT2D eigenvalue weighted by Gasteiger charge is -2.12. The van der Waals surface area contributed by atoms with E-state index in [0.717, 1.165) is 5.70 Å². The minimum Gasteiger partial charge on any atom is -0.447 e. The first-order chi connectivity index (χ1) is 6.11. The highest BCUT2D eigenvalue weighted by molar-refractivity contribution is 5.80. The molecule has 72 valence electrons. The molecule has 1 N–H and O–H groups in total. The van der Waals surface area contributed by atoms with Gasteiger partial charge in [-0.15, -0.1) is 0 Å². The van der Waals surface area contributed by atoms with Gasteiger partial charge in [-0.25, -0.2) is 4.79 Å². The number of ether oxygens (including phenoxy) is 1. The Morgan fingerprint density at radius 2 is 2.38 bits per heavy atom. The van der Waals surface area contributed by atoms with Crippen molar-refractivity contribution in [2.45, 2.75) is 20.3 Å². The van der Waals surface area contributed by atoms with E-state index in [1.54, 1.807) is 11.8 Å². The van der Waals surface area contributed by atoms with Crippen molar-refractivity contribution in [2.75, 3.05) is 13.2 Å². The van der Waals surface area contributed by atoms with Gasteiger partial charge in [0.05, 0.1) is 6.54 Å². The smallest absolute Gasteiger partial charge is 0.414 e. The van der Waals surface area contributed by atoms with Crippen LogP contribution in [0.25, 0.3) is 0 Å². The molecule has 0 aromatic rings. The number of allylic oxidation sites excluding steroid dienone is 2. The van der Waals surface area contributed by atoms with Crippen molar-refractivity contribution >= 4 is 11.8 Å². The van der Waals surface area contributed by atoms with Gasteiger partial charge < -0.3 is 10.1 Å². The molecule has 1 aliphatic heterocycles. The first kappa shape index (κ1) is 9.77. The van der Waals surface area contributed by atoms with Crippen molar-refractivity contribution in [1.29, 1.82) is 5.41 Å². The quantitative estimate of drug-likeness (QED) is 0.676. The molecule has 4 heteroatoms. The number of hydrogen-bond donors (Lipinski definition) is 1. The molecule has 1 aliphatic rings. The highest BCUT2D eigenvalue weighted by atomic mass is 16.6. The van der Waals surface area contributed by atoms with Crippen LogP contribution < -0.4 is 0 Å². The zero-order valence-corrected chi connectivity index (χ0v) is 7.96. The van der Waals surface area contributed by atoms with Crippen LogP contribution in [0.2, 0.25) is 0 Å². The number of carbonyl (C=O) groups excluding carboxylic acids is 1. The van der Waals surface area contributed by atoms with Crippen LogP contribution in [-0.2, 0) is 4.74 Å². The number of hydrogen-bond acceptors (Lipinski definition) is 3. The van der Waals surface area contributed by atoms with Crippen molar-refractivity contribution in [1.82, 2.24) is 4.90 Å². The van der Waals surface area contributed by atoms with E-state index >= 15 is 0 Å². The minimum atomic E-state index is -0.281. The zero-order chi connectivity index (χ0) is 9.84. The maximum atomic E-state index is 11.1. The van der Waals surface area contributed by atoms with Gasteiger partial charge >= 0.3 is 6.09 Å². The second-order valence-corrected chi connectivity index (χ2v) is 3.10. The number of rotatable bonds is 3. The van der Waals surface area contributed by atoms with E-state index in [9.17, 15) is 4.79 Å². The largest absolute Gasteiger partial charge is 0.447 e. The molecule has 1 fully saturated rings. The number of carbonyl (C=O) groups is 1. The van der Waals surface area contributed by atoms with E-state index in [1.165, 1.54) is 0 Å². The predicted octanol–water partition coefficient (Wildman–Crippen LogP) is 1.77. The number of amides is 1. The van der Waals surface area contributed by atoms with E-state index < -0.39 is 0 Å². The van der Waals surface area contributed by atoms with Crippen LogP contribution in [0.3, 0.4) is 0 Å². The van der Waals surface area contributed by atoms with Gasteiger partial charge in [-0.1, -0.05) is 6.08 Å². The van der Waals surface area contributed by atoms with E-state index in [2.05, 4.69) is 0 Å². The summed E-state index contributed by atoms with van der Waals surface area (Å²) in [5, 5.41) is 7.23. The lowest BCUT2D eigenvalue weighted by molar-refractivity contribution is 0.164. The molecule has 0 aromatic carbocycles. The van der Waals surface area contributed by atoms with Crippen molar-refractivity contribution in [2.24, 2.45) is 0 Å². The fourth-order valence-corrected chi connectivity index (χ4v) is 1.12. The topological polar surface area (TPSA) is 53.4 Å². The first-order valence-electron chi connectivity index (χ1n) is 4.26. The maximum absolute atomic E-state index is 11.1. The van der Waals surface area contributed by atoms with Crippen molar-refractivity contribution < 1.29 is 9.53 Å². The van der Waals surface area contributed by atoms with Crippen LogP contribution in [0.5, 0.6) is 0 Å². The molecule has 1 amide bonds. The Balaban J connectivity index is 2.55. The van der Waals surface area contributed by atoms with Gasteiger partial charge in [-0.05, 0) is 13.8 Å². The summed E-state index contributed by atoms with van der Waals surface area (Å²) in [7, 11) is 0. The molecule has 4 nitrogen and oxygen atoms in total. The summed E-state index contributed by atoms with van der Waals surface area (Å²) in [6, 6.07) is 0. The van der Waals surface area contributed by atoms with E-state index in [0.29, 0.717) is 25.3 Å². The van der Waals surface area contributed by atoms with Crippen LogP contribution in [0.1, 0.15) is 20.3 Å².